The van der Waals surface area contributed by atoms with E-state index in [2.05, 4.69) is 0 Å². The third-order valence-electron chi connectivity index (χ3n) is 1.14. The van der Waals surface area contributed by atoms with Gasteiger partial charge in [0.25, 0.3) is 5.97 Å². The molecule has 13 heavy (non-hydrogen) atoms. The molecule has 0 saturated heterocycles. The van der Waals surface area contributed by atoms with Crippen LogP contribution in [-0.4, -0.2) is 79.4 Å². The Morgan fingerprint density at radius 2 is 1.62 bits per heavy atom. The van der Waals surface area contributed by atoms with E-state index in [4.69, 9.17) is 13.3 Å². The molecule has 0 spiro atoms. The molecule has 0 saturated carbocycles. The van der Waals surface area contributed by atoms with Gasteiger partial charge in [0.15, 0.2) is 0 Å². The molecule has 6 heteroatoms. The zero-order chi connectivity index (χ0) is 9.61. The van der Waals surface area contributed by atoms with Crippen LogP contribution in [0.3, 0.4) is 0 Å². The van der Waals surface area contributed by atoms with Gasteiger partial charge in [0.1, 0.15) is 0 Å². The molecule has 0 aromatic rings. The molecule has 0 bridgehead atoms. The first-order valence-electron chi connectivity index (χ1n) is 4.01. The van der Waals surface area contributed by atoms with E-state index in [0.717, 1.165) is 0 Å². The van der Waals surface area contributed by atoms with E-state index in [1.807, 2.05) is 13.8 Å². The van der Waals surface area contributed by atoms with Gasteiger partial charge in [-0.05, 0) is 13.8 Å². The Bertz CT molecular complexity index is 147. The van der Waals surface area contributed by atoms with Gasteiger partial charge >= 0.3 is 60.2 Å². The summed E-state index contributed by atoms with van der Waals surface area (Å²) >= 11 is 0. The molecule has 0 aliphatic carbocycles. The predicted octanol–water partition coefficient (Wildman–Crippen LogP) is 0.543. The second-order valence-corrected chi connectivity index (χ2v) is 4.83. The van der Waals surface area contributed by atoms with Gasteiger partial charge in [0, 0.05) is 26.7 Å². The van der Waals surface area contributed by atoms with E-state index < -0.39 is 8.80 Å². The molecule has 0 N–H and O–H groups in total. The molecule has 0 amide bonds. The van der Waals surface area contributed by atoms with Crippen molar-refractivity contribution >= 4 is 66.2 Å². The van der Waals surface area contributed by atoms with Gasteiger partial charge in [-0.1, -0.05) is 0 Å². The number of hydrogen-bond donors (Lipinski definition) is 0. The minimum atomic E-state index is -2.66. The molecule has 74 valence electrons. The normalized spacial score (nSPS) is 10.5. The van der Waals surface area contributed by atoms with Crippen LogP contribution in [0.15, 0.2) is 0 Å². The van der Waals surface area contributed by atoms with Crippen LogP contribution in [0, 0.1) is 0 Å². The van der Waals surface area contributed by atoms with Crippen molar-refractivity contribution < 1.29 is 18.1 Å². The van der Waals surface area contributed by atoms with Crippen LogP contribution in [0.25, 0.3) is 0 Å². The molecule has 0 aromatic carbocycles. The van der Waals surface area contributed by atoms with Crippen molar-refractivity contribution in [2.45, 2.75) is 27.3 Å². The van der Waals surface area contributed by atoms with E-state index in [0.29, 0.717) is 13.2 Å². The zero-order valence-corrected chi connectivity index (χ0v) is 9.05. The molecule has 0 aliphatic heterocycles. The fourth-order valence-electron chi connectivity index (χ4n) is 0.886. The first-order valence-corrected chi connectivity index (χ1v) is 6.24. The molecule has 0 unspecified atom stereocenters. The van der Waals surface area contributed by atoms with Crippen LogP contribution in [0.1, 0.15) is 20.8 Å². The number of rotatable bonds is 5. The molecular formula is C7H17KO4Si. The first-order chi connectivity index (χ1) is 5.54. The second kappa shape index (κ2) is 8.54. The monoisotopic (exact) mass is 232 g/mol. The van der Waals surface area contributed by atoms with E-state index >= 15 is 0 Å². The summed E-state index contributed by atoms with van der Waals surface area (Å²) in [4.78, 5) is 10.7. The molecule has 0 rings (SSSR count). The summed E-state index contributed by atoms with van der Waals surface area (Å²) in [6.07, 6.45) is 0. The maximum atomic E-state index is 10.7. The summed E-state index contributed by atoms with van der Waals surface area (Å²) in [5, 5.41) is 0. The second-order valence-electron chi connectivity index (χ2n) is 2.32. The van der Waals surface area contributed by atoms with Crippen LogP contribution in [0.4, 0.5) is 0 Å². The van der Waals surface area contributed by atoms with Crippen LogP contribution < -0.4 is 0 Å². The van der Waals surface area contributed by atoms with E-state index in [9.17, 15) is 4.79 Å². The summed E-state index contributed by atoms with van der Waals surface area (Å²) in [7, 11) is -2.66. The SMILES string of the molecule is CCO[Si](C)(OCC)OC(C)=O.[KH]. The Morgan fingerprint density at radius 1 is 1.23 bits per heavy atom. The standard InChI is InChI=1S/C7H16O4Si.K.H/c1-5-9-12(4,10-6-2)11-7(3)8;;/h5-6H2,1-4H3;;. The van der Waals surface area contributed by atoms with Crippen molar-refractivity contribution in [2.75, 3.05) is 13.2 Å². The third-order valence-corrected chi connectivity index (χ3v) is 3.43. The van der Waals surface area contributed by atoms with Gasteiger partial charge < -0.3 is 13.3 Å². The van der Waals surface area contributed by atoms with Crippen LogP contribution in [0.2, 0.25) is 6.55 Å². The van der Waals surface area contributed by atoms with Crippen LogP contribution in [0.5, 0.6) is 0 Å². The van der Waals surface area contributed by atoms with Gasteiger partial charge in [-0.2, -0.15) is 0 Å². The molecule has 0 fully saturated rings. The zero-order valence-electron chi connectivity index (χ0n) is 8.05. The fourth-order valence-corrected chi connectivity index (χ4v) is 2.66. The van der Waals surface area contributed by atoms with Gasteiger partial charge in [-0.25, -0.2) is 0 Å². The summed E-state index contributed by atoms with van der Waals surface area (Å²) in [5.41, 5.74) is 0. The van der Waals surface area contributed by atoms with Gasteiger partial charge in [-0.15, -0.1) is 0 Å². The molecule has 0 radical (unpaired) electrons. The number of carbonyl (C=O) groups is 1. The molecular weight excluding hydrogens is 215 g/mol. The molecule has 4 nitrogen and oxygen atoms in total. The van der Waals surface area contributed by atoms with E-state index in [-0.39, 0.29) is 57.4 Å². The van der Waals surface area contributed by atoms with Crippen molar-refractivity contribution in [3.8, 4) is 0 Å². The van der Waals surface area contributed by atoms with Crippen molar-refractivity contribution in [3.63, 3.8) is 0 Å². The van der Waals surface area contributed by atoms with Crippen molar-refractivity contribution in [1.82, 2.24) is 0 Å². The first kappa shape index (κ1) is 16.7. The van der Waals surface area contributed by atoms with Crippen molar-refractivity contribution in [3.05, 3.63) is 0 Å². The maximum absolute atomic E-state index is 10.7. The summed E-state index contributed by atoms with van der Waals surface area (Å²) in [6, 6.07) is 0. The summed E-state index contributed by atoms with van der Waals surface area (Å²) < 4.78 is 15.5. The Hall–Kier alpha value is 1.24. The molecule has 0 atom stereocenters. The van der Waals surface area contributed by atoms with Crippen LogP contribution in [-0.2, 0) is 18.1 Å². The van der Waals surface area contributed by atoms with E-state index in [1.54, 1.807) is 6.55 Å². The number of carbonyl (C=O) groups excluding carboxylic acids is 1. The van der Waals surface area contributed by atoms with Gasteiger partial charge in [-0.3, -0.25) is 4.79 Å². The molecule has 0 aromatic heterocycles. The summed E-state index contributed by atoms with van der Waals surface area (Å²) in [6.45, 7) is 7.73. The van der Waals surface area contributed by atoms with Gasteiger partial charge in [0.2, 0.25) is 0 Å². The van der Waals surface area contributed by atoms with Crippen molar-refractivity contribution in [1.29, 1.82) is 0 Å². The molecule has 0 aliphatic rings. The van der Waals surface area contributed by atoms with E-state index in [1.165, 1.54) is 6.92 Å². The van der Waals surface area contributed by atoms with Gasteiger partial charge in [0.05, 0.1) is 0 Å². The average Bonchev–Trinajstić information content (AvgIpc) is 1.85. The van der Waals surface area contributed by atoms with Crippen molar-refractivity contribution in [2.24, 2.45) is 0 Å². The summed E-state index contributed by atoms with van der Waals surface area (Å²) in [5.74, 6) is -0.355. The average molecular weight is 232 g/mol. The van der Waals surface area contributed by atoms with Crippen LogP contribution >= 0.6 is 0 Å². The predicted molar refractivity (Wildman–Crippen MR) is 53.8 cm³/mol. The Balaban J connectivity index is 0. The fraction of sp³-hybridized carbons (Fsp3) is 0.857. The topological polar surface area (TPSA) is 44.8 Å². The third kappa shape index (κ3) is 8.25. The Morgan fingerprint density at radius 3 is 1.85 bits per heavy atom. The Kier molecular flexibility index (Phi) is 11.0. The minimum absolute atomic E-state index is 0. The quantitative estimate of drug-likeness (QED) is 0.649. The Labute approximate surface area is 123 Å². The number of hydrogen-bond acceptors (Lipinski definition) is 4. The molecule has 0 heterocycles.